The molecule has 3 saturated heterocycles. The Hall–Kier alpha value is -0.570. The number of hydrogen-bond acceptors (Lipinski definition) is 3. The molecule has 1 saturated carbocycles. The van der Waals surface area contributed by atoms with Crippen molar-refractivity contribution in [2.75, 3.05) is 19.6 Å². The predicted molar refractivity (Wildman–Crippen MR) is 47.1 cm³/mol. The lowest BCUT2D eigenvalue weighted by molar-refractivity contribution is -0.160. The van der Waals surface area contributed by atoms with Crippen LogP contribution in [0.2, 0.25) is 0 Å². The highest BCUT2D eigenvalue weighted by molar-refractivity contribution is 5.38. The van der Waals surface area contributed by atoms with Crippen molar-refractivity contribution in [3.8, 4) is 0 Å². The summed E-state index contributed by atoms with van der Waals surface area (Å²) in [7, 11) is 0. The molecule has 3 heteroatoms. The highest BCUT2D eigenvalue weighted by atomic mass is 16.5. The first-order valence-electron chi connectivity index (χ1n) is 5.18. The van der Waals surface area contributed by atoms with Crippen LogP contribution >= 0.6 is 0 Å². The maximum atomic E-state index is 10.4. The van der Waals surface area contributed by atoms with E-state index in [0.717, 1.165) is 19.0 Å². The highest BCUT2D eigenvalue weighted by Crippen LogP contribution is 2.44. The molecule has 3 unspecified atom stereocenters. The van der Waals surface area contributed by atoms with Gasteiger partial charge in [-0.15, -0.1) is 0 Å². The fourth-order valence-electron chi connectivity index (χ4n) is 3.65. The van der Waals surface area contributed by atoms with E-state index in [1.165, 1.54) is 19.4 Å². The summed E-state index contributed by atoms with van der Waals surface area (Å²) in [6.07, 6.45) is 2.81. The maximum Gasteiger partial charge on any atom is 0.293 e. The van der Waals surface area contributed by atoms with Gasteiger partial charge in [-0.1, -0.05) is 0 Å². The minimum atomic E-state index is 0.241. The van der Waals surface area contributed by atoms with Gasteiger partial charge in [0.15, 0.2) is 0 Å². The number of piperidine rings is 3. The van der Waals surface area contributed by atoms with Crippen LogP contribution in [-0.4, -0.2) is 37.1 Å². The van der Waals surface area contributed by atoms with Crippen LogP contribution in [0.25, 0.3) is 0 Å². The van der Waals surface area contributed by atoms with E-state index in [9.17, 15) is 4.79 Å². The van der Waals surface area contributed by atoms with E-state index in [0.29, 0.717) is 18.3 Å². The van der Waals surface area contributed by atoms with Crippen molar-refractivity contribution >= 4 is 6.47 Å². The second-order valence-corrected chi connectivity index (χ2v) is 4.77. The van der Waals surface area contributed by atoms with Crippen LogP contribution in [0.15, 0.2) is 0 Å². The Morgan fingerprint density at radius 3 is 2.38 bits per heavy atom. The molecule has 0 amide bonds. The number of nitrogens with zero attached hydrogens (tertiary/aromatic N) is 1. The molecule has 4 rings (SSSR count). The van der Waals surface area contributed by atoms with Crippen LogP contribution in [0.4, 0.5) is 0 Å². The third kappa shape index (κ3) is 1.10. The fourth-order valence-corrected chi connectivity index (χ4v) is 3.65. The van der Waals surface area contributed by atoms with Gasteiger partial charge in [0.25, 0.3) is 6.47 Å². The summed E-state index contributed by atoms with van der Waals surface area (Å²) >= 11 is 0. The van der Waals surface area contributed by atoms with Gasteiger partial charge in [0.05, 0.1) is 0 Å². The molecule has 1 aliphatic carbocycles. The first kappa shape index (κ1) is 7.80. The second kappa shape index (κ2) is 2.71. The average Bonchev–Trinajstić information content (AvgIpc) is 2.10. The molecule has 0 aromatic heterocycles. The standard InChI is InChI=1S/C10H15NO2/c12-6-13-10-8-1-7-2-9(10)5-11(3-7)4-8/h6-10H,1-5H2/t7?,8-,9+,10?. The summed E-state index contributed by atoms with van der Waals surface area (Å²) in [6, 6.07) is 0. The number of carbonyl (C=O) groups is 1. The third-order valence-electron chi connectivity index (χ3n) is 3.92. The van der Waals surface area contributed by atoms with Gasteiger partial charge in [0, 0.05) is 31.5 Å². The fraction of sp³-hybridized carbons (Fsp3) is 0.900. The number of ether oxygens (including phenoxy) is 1. The Kier molecular flexibility index (Phi) is 1.62. The Labute approximate surface area is 78.0 Å². The van der Waals surface area contributed by atoms with E-state index in [1.54, 1.807) is 0 Å². The minimum absolute atomic E-state index is 0.241. The van der Waals surface area contributed by atoms with E-state index in [2.05, 4.69) is 4.90 Å². The molecular weight excluding hydrogens is 166 g/mol. The summed E-state index contributed by atoms with van der Waals surface area (Å²) in [4.78, 5) is 12.9. The van der Waals surface area contributed by atoms with Crippen molar-refractivity contribution in [1.82, 2.24) is 4.90 Å². The zero-order valence-corrected chi connectivity index (χ0v) is 7.69. The Morgan fingerprint density at radius 2 is 1.85 bits per heavy atom. The normalized spacial score (nSPS) is 52.2. The quantitative estimate of drug-likeness (QED) is 0.581. The second-order valence-electron chi connectivity index (χ2n) is 4.77. The number of hydrogen-bond donors (Lipinski definition) is 0. The molecule has 0 radical (unpaired) electrons. The minimum Gasteiger partial charge on any atom is -0.464 e. The molecule has 5 atom stereocenters. The summed E-state index contributed by atoms with van der Waals surface area (Å²) in [6.45, 7) is 4.25. The molecule has 0 spiro atoms. The molecule has 3 nitrogen and oxygen atoms in total. The van der Waals surface area contributed by atoms with Gasteiger partial charge in [-0.2, -0.15) is 0 Å². The third-order valence-corrected chi connectivity index (χ3v) is 3.92. The van der Waals surface area contributed by atoms with Crippen molar-refractivity contribution in [1.29, 1.82) is 0 Å². The smallest absolute Gasteiger partial charge is 0.293 e. The molecular formula is C10H15NO2. The van der Waals surface area contributed by atoms with Crippen LogP contribution in [0.5, 0.6) is 0 Å². The van der Waals surface area contributed by atoms with E-state index in [4.69, 9.17) is 4.74 Å². The Balaban J connectivity index is 1.81. The molecule has 4 aliphatic rings. The zero-order chi connectivity index (χ0) is 8.84. The summed E-state index contributed by atoms with van der Waals surface area (Å²) in [5, 5.41) is 0. The molecule has 3 aliphatic heterocycles. The van der Waals surface area contributed by atoms with E-state index >= 15 is 0 Å². The largest absolute Gasteiger partial charge is 0.464 e. The van der Waals surface area contributed by atoms with Gasteiger partial charge < -0.3 is 9.64 Å². The molecule has 72 valence electrons. The van der Waals surface area contributed by atoms with Gasteiger partial charge in [0.1, 0.15) is 6.10 Å². The van der Waals surface area contributed by atoms with E-state index < -0.39 is 0 Å². The van der Waals surface area contributed by atoms with Gasteiger partial charge in [-0.25, -0.2) is 0 Å². The lowest BCUT2D eigenvalue weighted by Crippen LogP contribution is -2.60. The van der Waals surface area contributed by atoms with Crippen LogP contribution in [-0.2, 0) is 9.53 Å². The van der Waals surface area contributed by atoms with Crippen molar-refractivity contribution in [3.63, 3.8) is 0 Å². The topological polar surface area (TPSA) is 29.5 Å². The van der Waals surface area contributed by atoms with Crippen molar-refractivity contribution in [2.45, 2.75) is 18.9 Å². The molecule has 0 aromatic rings. The van der Waals surface area contributed by atoms with Gasteiger partial charge in [-0.05, 0) is 18.8 Å². The van der Waals surface area contributed by atoms with Gasteiger partial charge in [0.2, 0.25) is 0 Å². The monoisotopic (exact) mass is 181 g/mol. The SMILES string of the molecule is O=COC1[C@@H]2CC3C[C@H]1CN(C3)C2. The van der Waals surface area contributed by atoms with Crippen LogP contribution in [0.1, 0.15) is 12.8 Å². The Bertz CT molecular complexity index is 201. The highest BCUT2D eigenvalue weighted by Gasteiger charge is 2.48. The van der Waals surface area contributed by atoms with E-state index in [-0.39, 0.29) is 6.10 Å². The van der Waals surface area contributed by atoms with Gasteiger partial charge in [-0.3, -0.25) is 4.79 Å². The molecule has 0 N–H and O–H groups in total. The number of rotatable bonds is 2. The van der Waals surface area contributed by atoms with Gasteiger partial charge >= 0.3 is 0 Å². The molecule has 13 heavy (non-hydrogen) atoms. The number of carbonyl (C=O) groups excluding carboxylic acids is 1. The lowest BCUT2D eigenvalue weighted by atomic mass is 9.66. The molecule has 0 aromatic carbocycles. The summed E-state index contributed by atoms with van der Waals surface area (Å²) in [5.74, 6) is 2.16. The zero-order valence-electron chi connectivity index (χ0n) is 7.69. The van der Waals surface area contributed by atoms with E-state index in [1.807, 2.05) is 0 Å². The lowest BCUT2D eigenvalue weighted by Gasteiger charge is -2.54. The maximum absolute atomic E-state index is 10.4. The first-order chi connectivity index (χ1) is 6.36. The molecule has 3 heterocycles. The summed E-state index contributed by atoms with van der Waals surface area (Å²) < 4.78 is 5.21. The summed E-state index contributed by atoms with van der Waals surface area (Å²) in [5.41, 5.74) is 0. The van der Waals surface area contributed by atoms with Crippen LogP contribution in [0, 0.1) is 17.8 Å². The van der Waals surface area contributed by atoms with Crippen molar-refractivity contribution < 1.29 is 9.53 Å². The Morgan fingerprint density at radius 1 is 1.15 bits per heavy atom. The molecule has 4 fully saturated rings. The molecule has 4 bridgehead atoms. The van der Waals surface area contributed by atoms with Crippen LogP contribution < -0.4 is 0 Å². The predicted octanol–water partition coefficient (Wildman–Crippen LogP) is 0.500. The van der Waals surface area contributed by atoms with Crippen LogP contribution in [0.3, 0.4) is 0 Å². The first-order valence-corrected chi connectivity index (χ1v) is 5.18. The van der Waals surface area contributed by atoms with Crippen molar-refractivity contribution in [3.05, 3.63) is 0 Å². The van der Waals surface area contributed by atoms with Crippen molar-refractivity contribution in [2.24, 2.45) is 17.8 Å². The average molecular weight is 181 g/mol.